The molecule has 6 nitrogen and oxygen atoms in total. The van der Waals surface area contributed by atoms with E-state index in [0.717, 1.165) is 19.4 Å². The highest BCUT2D eigenvalue weighted by Crippen LogP contribution is 2.41. The summed E-state index contributed by atoms with van der Waals surface area (Å²) in [6.45, 7) is 6.25. The lowest BCUT2D eigenvalue weighted by Gasteiger charge is -2.49. The van der Waals surface area contributed by atoms with Crippen molar-refractivity contribution < 1.29 is 17.9 Å². The van der Waals surface area contributed by atoms with E-state index >= 15 is 0 Å². The van der Waals surface area contributed by atoms with Crippen LogP contribution >= 0.6 is 0 Å². The molecule has 2 aliphatic heterocycles. The monoisotopic (exact) mass is 352 g/mol. The molecule has 0 radical (unpaired) electrons. The number of aromatic nitrogens is 1. The van der Waals surface area contributed by atoms with E-state index in [-0.39, 0.29) is 16.4 Å². The quantitative estimate of drug-likeness (QED) is 0.577. The summed E-state index contributed by atoms with van der Waals surface area (Å²) in [5.41, 5.74) is -0.283. The Hall–Kier alpha value is -1.28. The second-order valence-electron chi connectivity index (χ2n) is 6.45. The van der Waals surface area contributed by atoms with Gasteiger partial charge in [-0.25, -0.2) is 8.42 Å². The maximum absolute atomic E-state index is 12.9. The molecule has 1 aromatic heterocycles. The van der Waals surface area contributed by atoms with Crippen molar-refractivity contribution in [3.63, 3.8) is 0 Å². The van der Waals surface area contributed by atoms with Crippen molar-refractivity contribution in [2.75, 3.05) is 32.9 Å². The maximum atomic E-state index is 12.9. The minimum absolute atomic E-state index is 0.0522. The lowest BCUT2D eigenvalue weighted by atomic mass is 9.73. The molecule has 2 aliphatic rings. The first-order valence-electron chi connectivity index (χ1n) is 8.29. The van der Waals surface area contributed by atoms with Gasteiger partial charge in [0, 0.05) is 37.5 Å². The van der Waals surface area contributed by atoms with Crippen molar-refractivity contribution in [2.45, 2.75) is 30.3 Å². The molecule has 132 valence electrons. The fraction of sp³-hybridized carbons (Fsp3) is 0.588. The Morgan fingerprint density at radius 2 is 2.42 bits per heavy atom. The van der Waals surface area contributed by atoms with Gasteiger partial charge in [-0.2, -0.15) is 4.31 Å². The van der Waals surface area contributed by atoms with Crippen molar-refractivity contribution >= 4 is 10.0 Å². The van der Waals surface area contributed by atoms with E-state index in [1.807, 2.05) is 0 Å². The Labute approximate surface area is 143 Å². The summed E-state index contributed by atoms with van der Waals surface area (Å²) >= 11 is 0. The van der Waals surface area contributed by atoms with E-state index < -0.39 is 10.0 Å². The molecule has 1 aromatic rings. The number of ether oxygens (including phenoxy) is 2. The van der Waals surface area contributed by atoms with E-state index in [2.05, 4.69) is 11.6 Å². The van der Waals surface area contributed by atoms with Gasteiger partial charge in [0.15, 0.2) is 0 Å². The fourth-order valence-corrected chi connectivity index (χ4v) is 5.18. The molecule has 2 atom stereocenters. The largest absolute Gasteiger partial charge is 0.377 e. The van der Waals surface area contributed by atoms with E-state index in [0.29, 0.717) is 32.7 Å². The maximum Gasteiger partial charge on any atom is 0.244 e. The third kappa shape index (κ3) is 3.39. The van der Waals surface area contributed by atoms with Crippen LogP contribution in [0.2, 0.25) is 0 Å². The molecule has 0 saturated carbocycles. The van der Waals surface area contributed by atoms with Gasteiger partial charge in [-0.05, 0) is 31.4 Å². The zero-order valence-corrected chi connectivity index (χ0v) is 14.6. The Bertz CT molecular complexity index is 664. The van der Waals surface area contributed by atoms with E-state index in [4.69, 9.17) is 9.47 Å². The van der Waals surface area contributed by atoms with E-state index in [1.165, 1.54) is 6.20 Å². The summed E-state index contributed by atoms with van der Waals surface area (Å²) in [5.74, 6) is 0. The predicted molar refractivity (Wildman–Crippen MR) is 90.0 cm³/mol. The zero-order chi connectivity index (χ0) is 17.0. The number of fused-ring (bicyclic) bond motifs is 1. The third-order valence-electron chi connectivity index (χ3n) is 4.85. The minimum Gasteiger partial charge on any atom is -0.377 e. The van der Waals surface area contributed by atoms with Gasteiger partial charge in [0.25, 0.3) is 0 Å². The van der Waals surface area contributed by atoms with E-state index in [1.54, 1.807) is 28.7 Å². The second-order valence-corrected chi connectivity index (χ2v) is 8.38. The molecule has 0 bridgehead atoms. The summed E-state index contributed by atoms with van der Waals surface area (Å²) in [6.07, 6.45) is 7.27. The number of sulfonamides is 1. The van der Waals surface area contributed by atoms with Crippen molar-refractivity contribution in [1.82, 2.24) is 9.29 Å². The molecule has 0 N–H and O–H groups in total. The number of nitrogens with zero attached hydrogens (tertiary/aromatic N) is 2. The first kappa shape index (κ1) is 17.5. The van der Waals surface area contributed by atoms with Crippen molar-refractivity contribution in [2.24, 2.45) is 5.41 Å². The van der Waals surface area contributed by atoms with Gasteiger partial charge in [0.2, 0.25) is 10.0 Å². The number of rotatable bonds is 6. The molecule has 3 rings (SSSR count). The lowest BCUT2D eigenvalue weighted by molar-refractivity contribution is -0.140. The Morgan fingerprint density at radius 1 is 1.54 bits per heavy atom. The van der Waals surface area contributed by atoms with Crippen LogP contribution in [-0.2, 0) is 19.5 Å². The van der Waals surface area contributed by atoms with Crippen LogP contribution in [0.5, 0.6) is 0 Å². The summed E-state index contributed by atoms with van der Waals surface area (Å²) in [5, 5.41) is 0. The molecule has 0 aliphatic carbocycles. The van der Waals surface area contributed by atoms with Crippen LogP contribution in [0.15, 0.2) is 42.1 Å². The molecule has 24 heavy (non-hydrogen) atoms. The van der Waals surface area contributed by atoms with Crippen LogP contribution < -0.4 is 0 Å². The Morgan fingerprint density at radius 3 is 3.17 bits per heavy atom. The number of hydrogen-bond donors (Lipinski definition) is 0. The normalized spacial score (nSPS) is 28.2. The highest BCUT2D eigenvalue weighted by atomic mass is 32.2. The van der Waals surface area contributed by atoms with Gasteiger partial charge >= 0.3 is 0 Å². The van der Waals surface area contributed by atoms with Gasteiger partial charge in [0.1, 0.15) is 4.90 Å². The minimum atomic E-state index is -3.54. The van der Waals surface area contributed by atoms with Crippen molar-refractivity contribution in [3.05, 3.63) is 37.2 Å². The SMILES string of the molecule is C=CCOC[C@]12CCCO[C@H]1CCN(S(=O)(=O)c1cccnc1)C2. The van der Waals surface area contributed by atoms with Crippen LogP contribution in [0.4, 0.5) is 0 Å². The average Bonchev–Trinajstić information content (AvgIpc) is 2.62. The second kappa shape index (κ2) is 7.31. The van der Waals surface area contributed by atoms with Crippen molar-refractivity contribution in [3.8, 4) is 0 Å². The first-order chi connectivity index (χ1) is 11.6. The molecule has 2 saturated heterocycles. The van der Waals surface area contributed by atoms with Crippen LogP contribution in [0.1, 0.15) is 19.3 Å². The van der Waals surface area contributed by atoms with Crippen LogP contribution in [0.25, 0.3) is 0 Å². The molecule has 0 unspecified atom stereocenters. The molecule has 2 fully saturated rings. The number of piperidine rings is 1. The first-order valence-corrected chi connectivity index (χ1v) is 9.73. The summed E-state index contributed by atoms with van der Waals surface area (Å²) < 4.78 is 39.1. The molecular formula is C17H24N2O4S. The van der Waals surface area contributed by atoms with Gasteiger partial charge in [-0.3, -0.25) is 4.98 Å². The van der Waals surface area contributed by atoms with E-state index in [9.17, 15) is 8.42 Å². The van der Waals surface area contributed by atoms with Gasteiger partial charge in [-0.15, -0.1) is 6.58 Å². The summed E-state index contributed by atoms with van der Waals surface area (Å²) in [7, 11) is -3.54. The summed E-state index contributed by atoms with van der Waals surface area (Å²) in [4.78, 5) is 4.18. The summed E-state index contributed by atoms with van der Waals surface area (Å²) in [6, 6.07) is 3.24. The fourth-order valence-electron chi connectivity index (χ4n) is 3.66. The van der Waals surface area contributed by atoms with Crippen LogP contribution in [0, 0.1) is 5.41 Å². The van der Waals surface area contributed by atoms with Crippen LogP contribution in [0.3, 0.4) is 0 Å². The van der Waals surface area contributed by atoms with Crippen LogP contribution in [-0.4, -0.2) is 56.7 Å². The number of pyridine rings is 1. The predicted octanol–water partition coefficient (Wildman–Crippen LogP) is 1.84. The van der Waals surface area contributed by atoms with Gasteiger partial charge in [0.05, 0.1) is 19.3 Å². The smallest absolute Gasteiger partial charge is 0.244 e. The molecule has 0 aromatic carbocycles. The number of hydrogen-bond acceptors (Lipinski definition) is 5. The standard InChI is InChI=1S/C17H24N2O4S/c1-2-10-22-14-17-7-4-11-23-16(17)6-9-19(13-17)24(20,21)15-5-3-8-18-12-15/h2-3,5,8,12,16H,1,4,6-7,9-11,13-14H2/t16-,17+/m0/s1. The Kier molecular flexibility index (Phi) is 5.34. The molecule has 7 heteroatoms. The lowest BCUT2D eigenvalue weighted by Crippen LogP contribution is -2.58. The van der Waals surface area contributed by atoms with Gasteiger partial charge in [-0.1, -0.05) is 6.08 Å². The Balaban J connectivity index is 1.83. The van der Waals surface area contributed by atoms with Gasteiger partial charge < -0.3 is 9.47 Å². The molecule has 3 heterocycles. The zero-order valence-electron chi connectivity index (χ0n) is 13.8. The highest BCUT2D eigenvalue weighted by Gasteiger charge is 2.48. The van der Waals surface area contributed by atoms with Crippen molar-refractivity contribution in [1.29, 1.82) is 0 Å². The third-order valence-corrected chi connectivity index (χ3v) is 6.68. The molecule has 0 amide bonds. The topological polar surface area (TPSA) is 68.7 Å². The average molecular weight is 352 g/mol. The molecular weight excluding hydrogens is 328 g/mol. The molecule has 0 spiro atoms. The highest BCUT2D eigenvalue weighted by molar-refractivity contribution is 7.89.